The molecule has 2 N–H and O–H groups in total. The molecule has 0 saturated carbocycles. The highest BCUT2D eigenvalue weighted by Crippen LogP contribution is 2.45. The largest absolute Gasteiger partial charge is 0.611 e. The van der Waals surface area contributed by atoms with Gasteiger partial charge in [-0.05, 0) is 80.5 Å². The monoisotopic (exact) mass is 755 g/mol. The quantitative estimate of drug-likeness (QED) is 0.0742. The van der Waals surface area contributed by atoms with Gasteiger partial charge in [-0.25, -0.2) is 0 Å². The van der Waals surface area contributed by atoms with Crippen LogP contribution in [0.2, 0.25) is 0 Å². The highest BCUT2D eigenvalue weighted by Gasteiger charge is 2.42. The second kappa shape index (κ2) is 17.3. The molecule has 0 radical (unpaired) electrons. The number of hydrogen-bond acceptors (Lipinski definition) is 4. The fourth-order valence-corrected chi connectivity index (χ4v) is 8.75. The molecule has 1 aliphatic carbocycles. The van der Waals surface area contributed by atoms with Crippen molar-refractivity contribution in [3.63, 3.8) is 0 Å². The van der Waals surface area contributed by atoms with Gasteiger partial charge in [0.05, 0.1) is 17.3 Å². The number of nitrogens with zero attached hydrogens (tertiary/aromatic N) is 1. The predicted octanol–water partition coefficient (Wildman–Crippen LogP) is 12.3. The van der Waals surface area contributed by atoms with Crippen molar-refractivity contribution in [3.8, 4) is 11.1 Å². The first-order valence-corrected chi connectivity index (χ1v) is 20.2. The molecule has 0 spiro atoms. The Morgan fingerprint density at radius 3 is 2.02 bits per heavy atom. The predicted molar refractivity (Wildman–Crippen MR) is 241 cm³/mol. The smallest absolute Gasteiger partial charge is 0.157 e. The zero-order valence-electron chi connectivity index (χ0n) is 31.3. The molecule has 4 nitrogen and oxygen atoms in total. The highest BCUT2D eigenvalue weighted by molar-refractivity contribution is 7.92. The minimum atomic E-state index is -1.07. The van der Waals surface area contributed by atoms with Gasteiger partial charge in [-0.15, -0.1) is 0 Å². The average molecular weight is 756 g/mol. The Balaban J connectivity index is 1.04. The molecule has 276 valence electrons. The lowest BCUT2D eigenvalue weighted by Crippen LogP contribution is -2.18. The zero-order valence-corrected chi connectivity index (χ0v) is 32.1. The Labute approximate surface area is 338 Å². The average Bonchev–Trinajstić information content (AvgIpc) is 3.56. The number of fused-ring (bicyclic) bond motifs is 3. The minimum absolute atomic E-state index is 0.0152. The summed E-state index contributed by atoms with van der Waals surface area (Å²) in [5.74, 6) is 0.182. The van der Waals surface area contributed by atoms with Gasteiger partial charge in [0.15, 0.2) is 4.90 Å². The third-order valence-corrected chi connectivity index (χ3v) is 11.9. The van der Waals surface area contributed by atoms with E-state index in [9.17, 15) is 4.55 Å². The molecular formula is C52H41N3OS. The van der Waals surface area contributed by atoms with E-state index in [2.05, 4.69) is 115 Å². The van der Waals surface area contributed by atoms with Gasteiger partial charge in [-0.1, -0.05) is 176 Å². The fraction of sp³-hybridized carbons (Fsp3) is 0.0385. The van der Waals surface area contributed by atoms with Crippen LogP contribution in [0.4, 0.5) is 5.69 Å². The van der Waals surface area contributed by atoms with Crippen LogP contribution in [0.1, 0.15) is 39.3 Å². The van der Waals surface area contributed by atoms with Crippen molar-refractivity contribution < 1.29 is 4.55 Å². The summed E-state index contributed by atoms with van der Waals surface area (Å²) in [5.41, 5.74) is 12.0. The Morgan fingerprint density at radius 2 is 1.32 bits per heavy atom. The number of anilines is 1. The first kappa shape index (κ1) is 37.1. The van der Waals surface area contributed by atoms with Gasteiger partial charge in [-0.2, -0.15) is 0 Å². The summed E-state index contributed by atoms with van der Waals surface area (Å²) >= 11 is -1.07. The number of aliphatic imine (C=N–C) groups is 1. The second-order valence-electron chi connectivity index (χ2n) is 13.9. The summed E-state index contributed by atoms with van der Waals surface area (Å²) < 4.78 is 13.3. The number of rotatable bonds is 12. The molecule has 2 aliphatic rings. The standard InChI is InChI=1S/C52H41N3OS/c1-37(39-15-5-2-6-16-39)14-13-22-49(55-45-31-28-40(29-32-45)44-30-33-47-46-21-11-12-23-51(46)57(56)52(47)34-44)43-26-24-38(25-27-43)36-54-50(42-19-9-4-10-20-42)35-48(53)41-17-7-3-8-18-41/h2-36,46,51,53,55H,1H2/b14-13-,49-22-,50-35-,53-48?,54-36+. The summed E-state index contributed by atoms with van der Waals surface area (Å²) in [7, 11) is 0. The Bertz CT molecular complexity index is 2570. The molecule has 0 aromatic heterocycles. The lowest BCUT2D eigenvalue weighted by Gasteiger charge is -2.15. The maximum atomic E-state index is 13.3. The van der Waals surface area contributed by atoms with Crippen LogP contribution < -0.4 is 5.32 Å². The Kier molecular flexibility index (Phi) is 11.3. The van der Waals surface area contributed by atoms with Crippen molar-refractivity contribution in [2.24, 2.45) is 4.99 Å². The van der Waals surface area contributed by atoms with Gasteiger partial charge in [0, 0.05) is 34.8 Å². The lowest BCUT2D eigenvalue weighted by atomic mass is 9.91. The molecule has 0 fully saturated rings. The van der Waals surface area contributed by atoms with Gasteiger partial charge >= 0.3 is 0 Å². The van der Waals surface area contributed by atoms with Crippen LogP contribution in [0.3, 0.4) is 0 Å². The van der Waals surface area contributed by atoms with Crippen LogP contribution in [-0.2, 0) is 11.2 Å². The summed E-state index contributed by atoms with van der Waals surface area (Å²) in [5, 5.41) is 12.4. The first-order valence-electron chi connectivity index (χ1n) is 19.0. The normalized spacial score (nSPS) is 17.5. The molecule has 0 bridgehead atoms. The third-order valence-electron chi connectivity index (χ3n) is 10.1. The molecule has 0 saturated heterocycles. The number of hydrogen-bond donors (Lipinski definition) is 2. The summed E-state index contributed by atoms with van der Waals surface area (Å²) in [6, 6.07) is 52.8. The summed E-state index contributed by atoms with van der Waals surface area (Å²) in [4.78, 5) is 5.80. The van der Waals surface area contributed by atoms with Crippen LogP contribution in [-0.4, -0.2) is 21.7 Å². The van der Waals surface area contributed by atoms with Crippen molar-refractivity contribution in [3.05, 3.63) is 246 Å². The maximum absolute atomic E-state index is 13.3. The molecule has 0 amide bonds. The maximum Gasteiger partial charge on any atom is 0.157 e. The first-order chi connectivity index (χ1) is 28.0. The number of benzene rings is 6. The van der Waals surface area contributed by atoms with Crippen molar-refractivity contribution in [1.82, 2.24) is 0 Å². The van der Waals surface area contributed by atoms with Crippen LogP contribution >= 0.6 is 0 Å². The van der Waals surface area contributed by atoms with E-state index in [4.69, 9.17) is 10.4 Å². The summed E-state index contributed by atoms with van der Waals surface area (Å²) in [6.45, 7) is 4.27. The fourth-order valence-electron chi connectivity index (χ4n) is 7.04. The van der Waals surface area contributed by atoms with E-state index in [1.54, 1.807) is 0 Å². The molecule has 1 aliphatic heterocycles. The second-order valence-corrected chi connectivity index (χ2v) is 15.5. The molecule has 6 aromatic rings. The molecule has 1 heterocycles. The van der Waals surface area contributed by atoms with Crippen LogP contribution in [0.15, 0.2) is 223 Å². The van der Waals surface area contributed by atoms with E-state index in [-0.39, 0.29) is 11.2 Å². The van der Waals surface area contributed by atoms with Gasteiger partial charge in [-0.3, -0.25) is 4.99 Å². The zero-order chi connectivity index (χ0) is 39.0. The van der Waals surface area contributed by atoms with E-state index in [0.717, 1.165) is 66.4 Å². The third kappa shape index (κ3) is 8.71. The Hall–Kier alpha value is -6.79. The molecule has 6 aromatic carbocycles. The molecule has 8 rings (SSSR count). The van der Waals surface area contributed by atoms with Gasteiger partial charge in [0.25, 0.3) is 0 Å². The topological polar surface area (TPSA) is 71.3 Å². The molecule has 5 heteroatoms. The van der Waals surface area contributed by atoms with E-state index in [1.165, 1.54) is 0 Å². The van der Waals surface area contributed by atoms with Gasteiger partial charge in [0.1, 0.15) is 5.25 Å². The van der Waals surface area contributed by atoms with E-state index in [0.29, 0.717) is 11.4 Å². The molecular weight excluding hydrogens is 715 g/mol. The van der Waals surface area contributed by atoms with Crippen LogP contribution in [0.25, 0.3) is 28.1 Å². The molecule has 3 unspecified atom stereocenters. The van der Waals surface area contributed by atoms with E-state index >= 15 is 0 Å². The highest BCUT2D eigenvalue weighted by atomic mass is 32.2. The van der Waals surface area contributed by atoms with E-state index in [1.807, 2.05) is 109 Å². The van der Waals surface area contributed by atoms with Gasteiger partial charge in [0.2, 0.25) is 0 Å². The molecule has 57 heavy (non-hydrogen) atoms. The van der Waals surface area contributed by atoms with Crippen LogP contribution in [0.5, 0.6) is 0 Å². The van der Waals surface area contributed by atoms with Crippen molar-refractivity contribution in [2.45, 2.75) is 16.1 Å². The van der Waals surface area contributed by atoms with Crippen molar-refractivity contribution in [2.75, 3.05) is 5.32 Å². The van der Waals surface area contributed by atoms with Crippen molar-refractivity contribution in [1.29, 1.82) is 5.41 Å². The number of allylic oxidation sites excluding steroid dienone is 8. The number of nitrogens with one attached hydrogen (secondary N) is 2. The summed E-state index contributed by atoms with van der Waals surface area (Å²) in [6.07, 6.45) is 18.0. The van der Waals surface area contributed by atoms with Crippen LogP contribution in [0, 0.1) is 5.41 Å². The minimum Gasteiger partial charge on any atom is -0.611 e. The molecule has 3 atom stereocenters. The Morgan fingerprint density at radius 1 is 0.684 bits per heavy atom. The lowest BCUT2D eigenvalue weighted by molar-refractivity contribution is 0.591. The van der Waals surface area contributed by atoms with Gasteiger partial charge < -0.3 is 15.3 Å². The van der Waals surface area contributed by atoms with Crippen molar-refractivity contribution >= 4 is 45.8 Å². The van der Waals surface area contributed by atoms with E-state index < -0.39 is 11.2 Å². The SMILES string of the molecule is C=C(/C=C\C=C(/Nc1ccc(-c2ccc3c(c2)[S+]([O-])C2C=CC=CC32)cc1)c1ccc(/C=N/C(=C\C(=N)c2ccccc2)c2ccccc2)cc1)c1ccccc1.